The predicted molar refractivity (Wildman–Crippen MR) is 98.7 cm³/mol. The van der Waals surface area contributed by atoms with Gasteiger partial charge in [-0.15, -0.1) is 0 Å². The number of primary amides is 1. The van der Waals surface area contributed by atoms with Crippen LogP contribution in [0.25, 0.3) is 11.0 Å². The molecule has 0 spiro atoms. The minimum absolute atomic E-state index is 0.135. The van der Waals surface area contributed by atoms with Crippen LogP contribution in [0.5, 0.6) is 0 Å². The van der Waals surface area contributed by atoms with E-state index < -0.39 is 17.9 Å². The van der Waals surface area contributed by atoms with E-state index in [-0.39, 0.29) is 12.1 Å². The van der Waals surface area contributed by atoms with E-state index in [1.807, 2.05) is 42.5 Å². The van der Waals surface area contributed by atoms with Crippen molar-refractivity contribution >= 4 is 40.2 Å². The Balaban J connectivity index is 1.58. The smallest absolute Gasteiger partial charge is 0.274 e. The van der Waals surface area contributed by atoms with Crippen molar-refractivity contribution in [3.05, 3.63) is 54.6 Å². The minimum Gasteiger partial charge on any atom is -0.368 e. The first kappa shape index (κ1) is 15.8. The number of para-hydroxylation sites is 3. The van der Waals surface area contributed by atoms with Crippen LogP contribution in [-0.2, 0) is 9.59 Å². The van der Waals surface area contributed by atoms with Crippen molar-refractivity contribution in [2.24, 2.45) is 10.8 Å². The molecular weight excluding hydrogens is 332 g/mol. The Morgan fingerprint density at radius 2 is 1.85 bits per heavy atom. The van der Waals surface area contributed by atoms with Crippen LogP contribution in [0.2, 0.25) is 0 Å². The molecule has 0 saturated carbocycles. The average Bonchev–Trinajstić information content (AvgIpc) is 3.26. The summed E-state index contributed by atoms with van der Waals surface area (Å²) in [6.45, 7) is 0. The van der Waals surface area contributed by atoms with E-state index >= 15 is 0 Å². The number of imidazole rings is 1. The lowest BCUT2D eigenvalue weighted by Crippen LogP contribution is -2.39. The van der Waals surface area contributed by atoms with Crippen LogP contribution >= 0.6 is 0 Å². The highest BCUT2D eigenvalue weighted by Gasteiger charge is 2.35. The first-order valence-electron chi connectivity index (χ1n) is 8.09. The molecule has 0 bridgehead atoms. The summed E-state index contributed by atoms with van der Waals surface area (Å²) in [4.78, 5) is 31.7. The van der Waals surface area contributed by atoms with Gasteiger partial charge in [0.15, 0.2) is 0 Å². The largest absolute Gasteiger partial charge is 0.368 e. The number of aromatic nitrogens is 2. The highest BCUT2D eigenvalue weighted by Crippen LogP contribution is 2.24. The second kappa shape index (κ2) is 6.32. The summed E-state index contributed by atoms with van der Waals surface area (Å²) in [5.41, 5.74) is 7.97. The first-order chi connectivity index (χ1) is 12.6. The van der Waals surface area contributed by atoms with Crippen LogP contribution in [-0.4, -0.2) is 33.5 Å². The Labute approximate surface area is 148 Å². The van der Waals surface area contributed by atoms with Crippen LogP contribution in [0, 0.1) is 0 Å². The molecule has 8 nitrogen and oxygen atoms in total. The van der Waals surface area contributed by atoms with Gasteiger partial charge in [0.2, 0.25) is 11.9 Å². The molecular formula is C18H16N6O2. The van der Waals surface area contributed by atoms with Crippen molar-refractivity contribution in [1.82, 2.24) is 9.97 Å². The number of aromatic amines is 1. The molecule has 3 aromatic rings. The lowest BCUT2D eigenvalue weighted by molar-refractivity contribution is -0.119. The number of hydrogen-bond acceptors (Lipinski definition) is 5. The number of benzene rings is 2. The van der Waals surface area contributed by atoms with Gasteiger partial charge in [-0.3, -0.25) is 19.9 Å². The van der Waals surface area contributed by atoms with E-state index in [1.165, 1.54) is 5.01 Å². The van der Waals surface area contributed by atoms with Gasteiger partial charge in [0.05, 0.1) is 16.7 Å². The number of nitrogens with two attached hydrogens (primary N) is 1. The fraction of sp³-hybridized carbons (Fsp3) is 0.111. The van der Waals surface area contributed by atoms with Gasteiger partial charge in [0, 0.05) is 6.42 Å². The molecule has 1 atom stereocenters. The minimum atomic E-state index is -0.700. The Kier molecular flexibility index (Phi) is 3.85. The quantitative estimate of drug-likeness (QED) is 0.664. The second-order valence-corrected chi connectivity index (χ2v) is 5.91. The van der Waals surface area contributed by atoms with Gasteiger partial charge in [0.25, 0.3) is 5.91 Å². The lowest BCUT2D eigenvalue weighted by atomic mass is 10.1. The third-order valence-corrected chi connectivity index (χ3v) is 4.14. The highest BCUT2D eigenvalue weighted by molar-refractivity contribution is 6.44. The Morgan fingerprint density at radius 3 is 2.58 bits per heavy atom. The molecule has 1 aromatic heterocycles. The standard InChI is InChI=1S/C18H16N6O2/c19-16(25)15-10-14(23-24(15)11-6-2-1-3-7-11)17(26)22-18-20-12-8-4-5-9-13(12)21-18/h1-9,15H,10H2,(H2,19,25)(H2,20,21,22,26)/t15-/m0/s1. The van der Waals surface area contributed by atoms with Gasteiger partial charge in [-0.2, -0.15) is 5.10 Å². The molecule has 1 aliphatic heterocycles. The number of carbonyl (C=O) groups excluding carboxylic acids is 2. The zero-order chi connectivity index (χ0) is 18.1. The van der Waals surface area contributed by atoms with Crippen molar-refractivity contribution in [1.29, 1.82) is 0 Å². The van der Waals surface area contributed by atoms with Crippen molar-refractivity contribution in [2.45, 2.75) is 12.5 Å². The summed E-state index contributed by atoms with van der Waals surface area (Å²) in [7, 11) is 0. The van der Waals surface area contributed by atoms with Gasteiger partial charge in [-0.1, -0.05) is 30.3 Å². The molecule has 0 radical (unpaired) electrons. The highest BCUT2D eigenvalue weighted by atomic mass is 16.2. The van der Waals surface area contributed by atoms with Crippen LogP contribution in [0.15, 0.2) is 59.7 Å². The maximum atomic E-state index is 12.6. The van der Waals surface area contributed by atoms with E-state index in [4.69, 9.17) is 5.73 Å². The molecule has 1 aliphatic rings. The topological polar surface area (TPSA) is 116 Å². The molecule has 8 heteroatoms. The zero-order valence-corrected chi connectivity index (χ0v) is 13.7. The lowest BCUT2D eigenvalue weighted by Gasteiger charge is -2.20. The van der Waals surface area contributed by atoms with Crippen molar-refractivity contribution in [3.63, 3.8) is 0 Å². The molecule has 0 saturated heterocycles. The molecule has 2 heterocycles. The van der Waals surface area contributed by atoms with Gasteiger partial charge in [-0.25, -0.2) is 4.98 Å². The SMILES string of the molecule is NC(=O)[C@@H]1CC(C(=O)Nc2nc3ccccc3[nH]2)=NN1c1ccccc1. The van der Waals surface area contributed by atoms with Crippen LogP contribution in [0.1, 0.15) is 6.42 Å². The number of anilines is 2. The Bertz CT molecular complexity index is 978. The van der Waals surface area contributed by atoms with Gasteiger partial charge in [0.1, 0.15) is 11.8 Å². The van der Waals surface area contributed by atoms with Gasteiger partial charge in [-0.05, 0) is 24.3 Å². The number of nitrogens with one attached hydrogen (secondary N) is 2. The number of H-pyrrole nitrogens is 1. The summed E-state index contributed by atoms with van der Waals surface area (Å²) in [5, 5.41) is 8.48. The van der Waals surface area contributed by atoms with E-state index in [2.05, 4.69) is 20.4 Å². The van der Waals surface area contributed by atoms with Crippen molar-refractivity contribution < 1.29 is 9.59 Å². The van der Waals surface area contributed by atoms with Crippen molar-refractivity contribution in [2.75, 3.05) is 10.3 Å². The molecule has 4 rings (SSSR count). The number of fused-ring (bicyclic) bond motifs is 1. The second-order valence-electron chi connectivity index (χ2n) is 5.91. The normalized spacial score (nSPS) is 16.5. The van der Waals surface area contributed by atoms with Gasteiger partial charge >= 0.3 is 0 Å². The number of rotatable bonds is 4. The van der Waals surface area contributed by atoms with Crippen molar-refractivity contribution in [3.8, 4) is 0 Å². The Morgan fingerprint density at radius 1 is 1.12 bits per heavy atom. The Hall–Kier alpha value is -3.68. The molecule has 0 aliphatic carbocycles. The molecule has 2 amide bonds. The number of hydrazone groups is 1. The first-order valence-corrected chi connectivity index (χ1v) is 8.09. The fourth-order valence-corrected chi connectivity index (χ4v) is 2.88. The third-order valence-electron chi connectivity index (χ3n) is 4.14. The van der Waals surface area contributed by atoms with E-state index in [0.717, 1.165) is 11.0 Å². The number of carbonyl (C=O) groups is 2. The summed E-state index contributed by atoms with van der Waals surface area (Å²) >= 11 is 0. The number of nitrogens with zero attached hydrogens (tertiary/aromatic N) is 3. The molecule has 130 valence electrons. The molecule has 4 N–H and O–H groups in total. The summed E-state index contributed by atoms with van der Waals surface area (Å²) in [5.74, 6) is -0.634. The van der Waals surface area contributed by atoms with Crippen LogP contribution in [0.3, 0.4) is 0 Å². The number of amides is 2. The molecule has 0 unspecified atom stereocenters. The molecule has 2 aromatic carbocycles. The van der Waals surface area contributed by atoms with E-state index in [9.17, 15) is 9.59 Å². The van der Waals surface area contributed by atoms with Crippen LogP contribution in [0.4, 0.5) is 11.6 Å². The zero-order valence-electron chi connectivity index (χ0n) is 13.7. The molecule has 0 fully saturated rings. The summed E-state index contributed by atoms with van der Waals surface area (Å²) in [6, 6.07) is 15.9. The number of hydrogen-bond donors (Lipinski definition) is 3. The average molecular weight is 348 g/mol. The van der Waals surface area contributed by atoms with E-state index in [1.54, 1.807) is 12.1 Å². The van der Waals surface area contributed by atoms with Crippen LogP contribution < -0.4 is 16.1 Å². The fourth-order valence-electron chi connectivity index (χ4n) is 2.88. The maximum absolute atomic E-state index is 12.6. The third kappa shape index (κ3) is 2.88. The predicted octanol–water partition coefficient (Wildman–Crippen LogP) is 1.62. The van der Waals surface area contributed by atoms with E-state index in [0.29, 0.717) is 11.6 Å². The van der Waals surface area contributed by atoms with Gasteiger partial charge < -0.3 is 10.7 Å². The molecule has 26 heavy (non-hydrogen) atoms. The monoisotopic (exact) mass is 348 g/mol. The summed E-state index contributed by atoms with van der Waals surface area (Å²) < 4.78 is 0. The maximum Gasteiger partial charge on any atom is 0.274 e. The summed E-state index contributed by atoms with van der Waals surface area (Å²) in [6.07, 6.45) is 0.135.